The molecule has 0 aliphatic carbocycles. The molecule has 0 aliphatic rings. The van der Waals surface area contributed by atoms with Gasteiger partial charge >= 0.3 is 5.97 Å². The fraction of sp³-hybridized carbons (Fsp3) is 0.0769. The summed E-state index contributed by atoms with van der Waals surface area (Å²) in [6.07, 6.45) is 1.21. The SMILES string of the molecule is Cc1cc(Oc2ncc(C(=O)O)cc2N)ccc1Br. The topological polar surface area (TPSA) is 85.4 Å². The Morgan fingerprint density at radius 1 is 1.42 bits per heavy atom. The molecule has 0 saturated carbocycles. The number of carboxylic acid groups (broad SMARTS) is 1. The van der Waals surface area contributed by atoms with Crippen molar-refractivity contribution in [2.75, 3.05) is 5.73 Å². The highest BCUT2D eigenvalue weighted by Gasteiger charge is 2.09. The van der Waals surface area contributed by atoms with Crippen LogP contribution in [-0.2, 0) is 0 Å². The van der Waals surface area contributed by atoms with E-state index in [9.17, 15) is 4.79 Å². The smallest absolute Gasteiger partial charge is 0.337 e. The molecular formula is C13H11BrN2O3. The van der Waals surface area contributed by atoms with E-state index in [0.29, 0.717) is 5.75 Å². The number of pyridine rings is 1. The van der Waals surface area contributed by atoms with Crippen molar-refractivity contribution in [2.45, 2.75) is 6.92 Å². The van der Waals surface area contributed by atoms with Crippen LogP contribution in [0.2, 0.25) is 0 Å². The van der Waals surface area contributed by atoms with Crippen molar-refractivity contribution in [3.63, 3.8) is 0 Å². The lowest BCUT2D eigenvalue weighted by molar-refractivity contribution is 0.0696. The molecule has 19 heavy (non-hydrogen) atoms. The molecule has 6 heteroatoms. The number of hydrogen-bond acceptors (Lipinski definition) is 4. The van der Waals surface area contributed by atoms with E-state index in [-0.39, 0.29) is 17.1 Å². The number of aromatic carboxylic acids is 1. The summed E-state index contributed by atoms with van der Waals surface area (Å²) in [4.78, 5) is 14.7. The number of rotatable bonds is 3. The zero-order valence-corrected chi connectivity index (χ0v) is 11.6. The fourth-order valence-corrected chi connectivity index (χ4v) is 1.71. The van der Waals surface area contributed by atoms with Gasteiger partial charge in [0.05, 0.1) is 11.3 Å². The van der Waals surface area contributed by atoms with E-state index in [0.717, 1.165) is 10.0 Å². The largest absolute Gasteiger partial charge is 0.478 e. The molecule has 0 atom stereocenters. The normalized spacial score (nSPS) is 10.2. The van der Waals surface area contributed by atoms with Crippen LogP contribution in [0.3, 0.4) is 0 Å². The maximum atomic E-state index is 10.8. The molecule has 0 aliphatic heterocycles. The van der Waals surface area contributed by atoms with Crippen LogP contribution in [-0.4, -0.2) is 16.1 Å². The average molecular weight is 323 g/mol. The zero-order chi connectivity index (χ0) is 14.0. The molecule has 1 aromatic carbocycles. The maximum absolute atomic E-state index is 10.8. The van der Waals surface area contributed by atoms with Crippen LogP contribution in [0, 0.1) is 6.92 Å². The number of benzene rings is 1. The first-order valence-corrected chi connectivity index (χ1v) is 6.19. The number of hydrogen-bond donors (Lipinski definition) is 2. The second-order valence-corrected chi connectivity index (χ2v) is 4.79. The van der Waals surface area contributed by atoms with Crippen LogP contribution in [0.25, 0.3) is 0 Å². The first-order valence-electron chi connectivity index (χ1n) is 5.40. The molecule has 2 aromatic rings. The van der Waals surface area contributed by atoms with E-state index < -0.39 is 5.97 Å². The third-order valence-corrected chi connectivity index (χ3v) is 3.36. The van der Waals surface area contributed by atoms with Crippen LogP contribution in [0.4, 0.5) is 5.69 Å². The van der Waals surface area contributed by atoms with E-state index >= 15 is 0 Å². The van der Waals surface area contributed by atoms with E-state index in [1.807, 2.05) is 19.1 Å². The van der Waals surface area contributed by atoms with Gasteiger partial charge in [-0.3, -0.25) is 0 Å². The predicted octanol–water partition coefficient (Wildman–Crippen LogP) is 3.23. The highest BCUT2D eigenvalue weighted by molar-refractivity contribution is 9.10. The zero-order valence-electron chi connectivity index (χ0n) is 10.1. The number of carbonyl (C=O) groups is 1. The Balaban J connectivity index is 2.28. The standard InChI is InChI=1S/C13H11BrN2O3/c1-7-4-9(2-3-10(7)14)19-12-11(15)5-8(6-16-12)13(17)18/h2-6H,15H2,1H3,(H,17,18). The van der Waals surface area contributed by atoms with E-state index in [2.05, 4.69) is 20.9 Å². The maximum Gasteiger partial charge on any atom is 0.337 e. The quantitative estimate of drug-likeness (QED) is 0.906. The monoisotopic (exact) mass is 322 g/mol. The molecule has 0 bridgehead atoms. The predicted molar refractivity (Wildman–Crippen MR) is 74.6 cm³/mol. The number of nitrogens with zero attached hydrogens (tertiary/aromatic N) is 1. The molecule has 1 aromatic heterocycles. The molecule has 0 amide bonds. The van der Waals surface area contributed by atoms with Gasteiger partial charge in [-0.2, -0.15) is 0 Å². The van der Waals surface area contributed by atoms with Gasteiger partial charge in [-0.15, -0.1) is 0 Å². The molecule has 3 N–H and O–H groups in total. The number of aromatic nitrogens is 1. The molecule has 0 fully saturated rings. The minimum Gasteiger partial charge on any atom is -0.478 e. The van der Waals surface area contributed by atoms with Crippen molar-refractivity contribution in [2.24, 2.45) is 0 Å². The Bertz CT molecular complexity index is 644. The van der Waals surface area contributed by atoms with Gasteiger partial charge in [0.2, 0.25) is 5.88 Å². The van der Waals surface area contributed by atoms with Crippen LogP contribution < -0.4 is 10.5 Å². The Hall–Kier alpha value is -2.08. The summed E-state index contributed by atoms with van der Waals surface area (Å²) in [5, 5.41) is 8.82. The molecular weight excluding hydrogens is 312 g/mol. The Kier molecular flexibility index (Phi) is 3.71. The van der Waals surface area contributed by atoms with Gasteiger partial charge in [0.15, 0.2) is 0 Å². The molecule has 98 valence electrons. The number of nitrogen functional groups attached to an aromatic ring is 1. The van der Waals surface area contributed by atoms with Crippen molar-refractivity contribution in [1.29, 1.82) is 0 Å². The lowest BCUT2D eigenvalue weighted by Gasteiger charge is -2.09. The highest BCUT2D eigenvalue weighted by Crippen LogP contribution is 2.28. The molecule has 1 heterocycles. The third kappa shape index (κ3) is 3.03. The number of anilines is 1. The van der Waals surface area contributed by atoms with Gasteiger partial charge in [-0.1, -0.05) is 15.9 Å². The van der Waals surface area contributed by atoms with Crippen LogP contribution in [0.1, 0.15) is 15.9 Å². The van der Waals surface area contributed by atoms with Crippen LogP contribution >= 0.6 is 15.9 Å². The van der Waals surface area contributed by atoms with Crippen molar-refractivity contribution in [1.82, 2.24) is 4.98 Å². The fourth-order valence-electron chi connectivity index (χ4n) is 1.46. The van der Waals surface area contributed by atoms with Gasteiger partial charge in [-0.25, -0.2) is 9.78 Å². The first-order chi connectivity index (χ1) is 8.97. The van der Waals surface area contributed by atoms with E-state index in [4.69, 9.17) is 15.6 Å². The van der Waals surface area contributed by atoms with E-state index in [1.165, 1.54) is 12.3 Å². The third-order valence-electron chi connectivity index (χ3n) is 2.47. The number of ether oxygens (including phenoxy) is 1. The molecule has 2 rings (SSSR count). The molecule has 5 nitrogen and oxygen atoms in total. The second kappa shape index (κ2) is 5.27. The summed E-state index contributed by atoms with van der Waals surface area (Å²) in [6.45, 7) is 1.93. The van der Waals surface area contributed by atoms with Gasteiger partial charge < -0.3 is 15.6 Å². The molecule has 0 spiro atoms. The highest BCUT2D eigenvalue weighted by atomic mass is 79.9. The first kappa shape index (κ1) is 13.4. The lowest BCUT2D eigenvalue weighted by Crippen LogP contribution is -2.01. The van der Waals surface area contributed by atoms with Crippen molar-refractivity contribution in [3.05, 3.63) is 46.1 Å². The summed E-state index contributed by atoms with van der Waals surface area (Å²) in [6, 6.07) is 6.77. The number of halogens is 1. The van der Waals surface area contributed by atoms with Gasteiger partial charge in [0.1, 0.15) is 5.75 Å². The average Bonchev–Trinajstić information content (AvgIpc) is 2.36. The Morgan fingerprint density at radius 3 is 2.74 bits per heavy atom. The van der Waals surface area contributed by atoms with E-state index in [1.54, 1.807) is 6.07 Å². The minimum absolute atomic E-state index is 0.0248. The summed E-state index contributed by atoms with van der Waals surface area (Å²) < 4.78 is 6.50. The van der Waals surface area contributed by atoms with Gasteiger partial charge in [0.25, 0.3) is 0 Å². The number of aryl methyl sites for hydroxylation is 1. The Morgan fingerprint density at radius 2 is 2.16 bits per heavy atom. The van der Waals surface area contributed by atoms with Crippen molar-refractivity contribution < 1.29 is 14.6 Å². The van der Waals surface area contributed by atoms with Crippen molar-refractivity contribution >= 4 is 27.6 Å². The lowest BCUT2D eigenvalue weighted by atomic mass is 10.2. The molecule has 0 radical (unpaired) electrons. The number of nitrogens with two attached hydrogens (primary N) is 1. The Labute approximate surface area is 118 Å². The second-order valence-electron chi connectivity index (χ2n) is 3.94. The van der Waals surface area contributed by atoms with Crippen LogP contribution in [0.5, 0.6) is 11.6 Å². The minimum atomic E-state index is -1.08. The molecule has 0 unspecified atom stereocenters. The molecule has 0 saturated heterocycles. The van der Waals surface area contributed by atoms with Gasteiger partial charge in [-0.05, 0) is 36.8 Å². The van der Waals surface area contributed by atoms with Crippen molar-refractivity contribution in [3.8, 4) is 11.6 Å². The van der Waals surface area contributed by atoms with Gasteiger partial charge in [0, 0.05) is 10.7 Å². The summed E-state index contributed by atoms with van der Waals surface area (Å²) in [5.41, 5.74) is 6.93. The number of carboxylic acids is 1. The summed E-state index contributed by atoms with van der Waals surface area (Å²) >= 11 is 3.39. The summed E-state index contributed by atoms with van der Waals surface area (Å²) in [5.74, 6) is -0.306. The summed E-state index contributed by atoms with van der Waals surface area (Å²) in [7, 11) is 0. The van der Waals surface area contributed by atoms with Crippen LogP contribution in [0.15, 0.2) is 34.9 Å².